The molecule has 116 valence electrons. The van der Waals surface area contributed by atoms with E-state index in [1.807, 2.05) is 54.6 Å². The molecule has 22 heavy (non-hydrogen) atoms. The number of nitrogens with zero attached hydrogens (tertiary/aromatic N) is 1. The van der Waals surface area contributed by atoms with Crippen LogP contribution in [0.4, 0.5) is 13.2 Å². The van der Waals surface area contributed by atoms with Crippen LogP contribution in [-0.4, -0.2) is 18.0 Å². The second-order valence-electron chi connectivity index (χ2n) is 5.33. The normalized spacial score (nSPS) is 19.0. The van der Waals surface area contributed by atoms with Gasteiger partial charge in [-0.25, -0.2) is 0 Å². The monoisotopic (exact) mass is 307 g/mol. The molecule has 2 nitrogen and oxygen atoms in total. The summed E-state index contributed by atoms with van der Waals surface area (Å²) in [6, 6.07) is 16.7. The Morgan fingerprint density at radius 1 is 1.00 bits per heavy atom. The minimum atomic E-state index is -4.67. The van der Waals surface area contributed by atoms with Crippen molar-refractivity contribution in [2.75, 3.05) is 6.54 Å². The summed E-state index contributed by atoms with van der Waals surface area (Å²) in [5.41, 5.74) is 2.98. The van der Waals surface area contributed by atoms with Crippen LogP contribution < -0.4 is 0 Å². The molecule has 2 aromatic rings. The molecule has 5 heteroatoms. The Kier molecular flexibility index (Phi) is 4.18. The zero-order valence-electron chi connectivity index (χ0n) is 11.9. The van der Waals surface area contributed by atoms with Gasteiger partial charge >= 0.3 is 6.36 Å². The van der Waals surface area contributed by atoms with Crippen LogP contribution in [0, 0.1) is 0 Å². The molecule has 0 aliphatic carbocycles. The van der Waals surface area contributed by atoms with Crippen molar-refractivity contribution in [3.05, 3.63) is 71.3 Å². The minimum Gasteiger partial charge on any atom is -0.200 e. The summed E-state index contributed by atoms with van der Waals surface area (Å²) in [6.45, 7) is 0.230. The second-order valence-corrected chi connectivity index (χ2v) is 5.33. The molecule has 1 aliphatic heterocycles. The Morgan fingerprint density at radius 2 is 1.68 bits per heavy atom. The van der Waals surface area contributed by atoms with E-state index in [-0.39, 0.29) is 6.54 Å². The van der Waals surface area contributed by atoms with E-state index in [0.29, 0.717) is 12.8 Å². The van der Waals surface area contributed by atoms with Gasteiger partial charge in [0.15, 0.2) is 0 Å². The maximum atomic E-state index is 12.7. The Morgan fingerprint density at radius 3 is 2.41 bits per heavy atom. The third-order valence-corrected chi connectivity index (χ3v) is 3.86. The Labute approximate surface area is 127 Å². The molecule has 1 atom stereocenters. The van der Waals surface area contributed by atoms with E-state index >= 15 is 0 Å². The molecule has 0 saturated carbocycles. The van der Waals surface area contributed by atoms with Crippen molar-refractivity contribution in [3.8, 4) is 0 Å². The third kappa shape index (κ3) is 3.48. The van der Waals surface area contributed by atoms with Crippen LogP contribution in [0.1, 0.15) is 22.7 Å². The fourth-order valence-electron chi connectivity index (χ4n) is 2.92. The lowest BCUT2D eigenvalue weighted by molar-refractivity contribution is -0.424. The quantitative estimate of drug-likeness (QED) is 0.839. The van der Waals surface area contributed by atoms with Crippen LogP contribution >= 0.6 is 0 Å². The van der Waals surface area contributed by atoms with Crippen LogP contribution in [-0.2, 0) is 17.7 Å². The molecule has 2 aromatic carbocycles. The minimum absolute atomic E-state index is 0.230. The molecule has 0 saturated heterocycles. The van der Waals surface area contributed by atoms with Gasteiger partial charge < -0.3 is 0 Å². The first-order chi connectivity index (χ1) is 10.5. The first-order valence-corrected chi connectivity index (χ1v) is 7.17. The van der Waals surface area contributed by atoms with Gasteiger partial charge in [0, 0.05) is 6.54 Å². The molecular formula is C17H16F3NO. The Bertz CT molecular complexity index is 627. The van der Waals surface area contributed by atoms with Crippen LogP contribution in [0.5, 0.6) is 0 Å². The molecule has 0 bridgehead atoms. The SMILES string of the molecule is FC(F)(F)ON1CCc2ccccc2C1Cc1ccccc1. The number of hydroxylamine groups is 2. The lowest BCUT2D eigenvalue weighted by atomic mass is 9.90. The van der Waals surface area contributed by atoms with Gasteiger partial charge in [0.05, 0.1) is 6.04 Å². The molecule has 1 aliphatic rings. The predicted octanol–water partition coefficient (Wildman–Crippen LogP) is 4.28. The number of fused-ring (bicyclic) bond motifs is 1. The van der Waals surface area contributed by atoms with Crippen LogP contribution in [0.3, 0.4) is 0 Å². The zero-order chi connectivity index (χ0) is 15.6. The fourth-order valence-corrected chi connectivity index (χ4v) is 2.92. The Balaban J connectivity index is 1.91. The van der Waals surface area contributed by atoms with Crippen molar-refractivity contribution in [3.63, 3.8) is 0 Å². The van der Waals surface area contributed by atoms with Gasteiger partial charge in [-0.15, -0.1) is 13.2 Å². The summed E-state index contributed by atoms with van der Waals surface area (Å²) < 4.78 is 38.0. The number of rotatable bonds is 3. The maximum Gasteiger partial charge on any atom is 0.539 e. The molecule has 1 unspecified atom stereocenters. The first kappa shape index (κ1) is 15.1. The molecule has 0 amide bonds. The van der Waals surface area contributed by atoms with Crippen LogP contribution in [0.25, 0.3) is 0 Å². The van der Waals surface area contributed by atoms with Crippen LogP contribution in [0.2, 0.25) is 0 Å². The zero-order valence-corrected chi connectivity index (χ0v) is 11.9. The van der Waals surface area contributed by atoms with E-state index in [2.05, 4.69) is 4.84 Å². The van der Waals surface area contributed by atoms with E-state index in [9.17, 15) is 13.2 Å². The number of hydrogen-bond donors (Lipinski definition) is 0. The average Bonchev–Trinajstić information content (AvgIpc) is 2.49. The highest BCUT2D eigenvalue weighted by molar-refractivity contribution is 5.33. The van der Waals surface area contributed by atoms with Gasteiger partial charge in [-0.2, -0.15) is 9.90 Å². The summed E-state index contributed by atoms with van der Waals surface area (Å²) in [6.07, 6.45) is -3.63. The number of hydrogen-bond acceptors (Lipinski definition) is 2. The summed E-state index contributed by atoms with van der Waals surface area (Å²) in [7, 11) is 0. The summed E-state index contributed by atoms with van der Waals surface area (Å²) >= 11 is 0. The van der Waals surface area contributed by atoms with Crippen LogP contribution in [0.15, 0.2) is 54.6 Å². The van der Waals surface area contributed by atoms with Gasteiger partial charge in [-0.05, 0) is 29.5 Å². The predicted molar refractivity (Wildman–Crippen MR) is 76.9 cm³/mol. The van der Waals surface area contributed by atoms with Crippen molar-refractivity contribution < 1.29 is 18.0 Å². The fraction of sp³-hybridized carbons (Fsp3) is 0.294. The molecule has 0 fully saturated rings. The molecule has 0 radical (unpaired) electrons. The summed E-state index contributed by atoms with van der Waals surface area (Å²) in [4.78, 5) is 4.25. The Hall–Kier alpha value is -1.85. The average molecular weight is 307 g/mol. The molecule has 3 rings (SSSR count). The van der Waals surface area contributed by atoms with E-state index in [4.69, 9.17) is 0 Å². The number of halogens is 3. The second kappa shape index (κ2) is 6.10. The lowest BCUT2D eigenvalue weighted by Gasteiger charge is -2.36. The molecule has 0 N–H and O–H groups in total. The van der Waals surface area contributed by atoms with E-state index in [1.165, 1.54) is 0 Å². The van der Waals surface area contributed by atoms with Crippen molar-refractivity contribution in [1.82, 2.24) is 5.06 Å². The smallest absolute Gasteiger partial charge is 0.200 e. The highest BCUT2D eigenvalue weighted by Gasteiger charge is 2.38. The summed E-state index contributed by atoms with van der Waals surface area (Å²) in [5.74, 6) is 0. The molecule has 1 heterocycles. The maximum absolute atomic E-state index is 12.7. The lowest BCUT2D eigenvalue weighted by Crippen LogP contribution is -2.40. The van der Waals surface area contributed by atoms with Gasteiger partial charge in [0.25, 0.3) is 0 Å². The molecule has 0 spiro atoms. The number of alkyl halides is 3. The van der Waals surface area contributed by atoms with Gasteiger partial charge in [0.2, 0.25) is 0 Å². The summed E-state index contributed by atoms with van der Waals surface area (Å²) in [5, 5.41) is 1.06. The van der Waals surface area contributed by atoms with Crippen molar-refractivity contribution in [1.29, 1.82) is 0 Å². The first-order valence-electron chi connectivity index (χ1n) is 7.17. The van der Waals surface area contributed by atoms with E-state index in [1.54, 1.807) is 0 Å². The highest BCUT2D eigenvalue weighted by atomic mass is 19.4. The highest BCUT2D eigenvalue weighted by Crippen LogP contribution is 2.35. The van der Waals surface area contributed by atoms with Crippen molar-refractivity contribution >= 4 is 0 Å². The van der Waals surface area contributed by atoms with Crippen molar-refractivity contribution in [2.45, 2.75) is 25.2 Å². The van der Waals surface area contributed by atoms with Gasteiger partial charge in [-0.3, -0.25) is 0 Å². The van der Waals surface area contributed by atoms with E-state index in [0.717, 1.165) is 21.8 Å². The van der Waals surface area contributed by atoms with Gasteiger partial charge in [-0.1, -0.05) is 54.6 Å². The van der Waals surface area contributed by atoms with E-state index < -0.39 is 12.4 Å². The largest absolute Gasteiger partial charge is 0.539 e. The molecule has 0 aromatic heterocycles. The van der Waals surface area contributed by atoms with Gasteiger partial charge in [0.1, 0.15) is 0 Å². The molecular weight excluding hydrogens is 291 g/mol. The topological polar surface area (TPSA) is 12.5 Å². The standard InChI is InChI=1S/C17H16F3NO/c18-17(19,20)22-21-11-10-14-8-4-5-9-15(14)16(21)12-13-6-2-1-3-7-13/h1-9,16H,10-12H2. The van der Waals surface area contributed by atoms with Crippen molar-refractivity contribution in [2.24, 2.45) is 0 Å². The third-order valence-electron chi connectivity index (χ3n) is 3.86. The number of benzene rings is 2.